The smallest absolute Gasteiger partial charge is 0.244 e. The molecule has 0 bridgehead atoms. The number of aromatic nitrogens is 1. The Hall–Kier alpha value is -2.10. The van der Waals surface area contributed by atoms with Gasteiger partial charge in [-0.3, -0.25) is 4.79 Å². The summed E-state index contributed by atoms with van der Waals surface area (Å²) in [7, 11) is 0. The zero-order chi connectivity index (χ0) is 14.0. The summed E-state index contributed by atoms with van der Waals surface area (Å²) in [5.41, 5.74) is 3.91. The van der Waals surface area contributed by atoms with E-state index in [2.05, 4.69) is 5.32 Å². The van der Waals surface area contributed by atoms with E-state index in [1.807, 2.05) is 31.5 Å². The molecule has 19 heavy (non-hydrogen) atoms. The number of rotatable bonds is 3. The third-order valence-electron chi connectivity index (χ3n) is 3.34. The molecule has 1 aromatic heterocycles. The minimum absolute atomic E-state index is 0.163. The van der Waals surface area contributed by atoms with Crippen LogP contribution in [0.2, 0.25) is 0 Å². The van der Waals surface area contributed by atoms with Crippen molar-refractivity contribution in [3.63, 3.8) is 0 Å². The molecule has 0 fully saturated rings. The lowest BCUT2D eigenvalue weighted by atomic mass is 10.2. The van der Waals surface area contributed by atoms with Gasteiger partial charge in [-0.05, 0) is 50.1 Å². The van der Waals surface area contributed by atoms with E-state index in [0.717, 1.165) is 11.3 Å². The third-order valence-corrected chi connectivity index (χ3v) is 3.34. The number of carbonyl (C=O) groups is 1. The standard InChI is InChI=1S/C15H17FN2O/c1-10-8-18(12(3)11(10)2)9-15(19)17-14-6-4-5-13(16)7-14/h4-8H,9H2,1-3H3,(H,17,19). The molecule has 1 N–H and O–H groups in total. The second kappa shape index (κ2) is 5.26. The summed E-state index contributed by atoms with van der Waals surface area (Å²) in [6.07, 6.45) is 1.95. The van der Waals surface area contributed by atoms with Gasteiger partial charge in [-0.15, -0.1) is 0 Å². The fraction of sp³-hybridized carbons (Fsp3) is 0.267. The van der Waals surface area contributed by atoms with E-state index in [0.29, 0.717) is 5.69 Å². The van der Waals surface area contributed by atoms with E-state index < -0.39 is 0 Å². The van der Waals surface area contributed by atoms with E-state index in [4.69, 9.17) is 0 Å². The lowest BCUT2D eigenvalue weighted by Gasteiger charge is -2.08. The first kappa shape index (κ1) is 13.3. The average molecular weight is 260 g/mol. The fourth-order valence-corrected chi connectivity index (χ4v) is 2.01. The van der Waals surface area contributed by atoms with Gasteiger partial charge in [0, 0.05) is 17.6 Å². The van der Waals surface area contributed by atoms with Gasteiger partial charge in [-0.1, -0.05) is 6.07 Å². The molecule has 0 unspecified atom stereocenters. The van der Waals surface area contributed by atoms with Gasteiger partial charge in [-0.2, -0.15) is 0 Å². The molecule has 0 aliphatic rings. The molecular weight excluding hydrogens is 243 g/mol. The molecule has 0 saturated carbocycles. The Morgan fingerprint density at radius 2 is 2.05 bits per heavy atom. The molecule has 1 aromatic carbocycles. The SMILES string of the molecule is Cc1cn(CC(=O)Nc2cccc(F)c2)c(C)c1C. The van der Waals surface area contributed by atoms with Crippen LogP contribution in [0.3, 0.4) is 0 Å². The van der Waals surface area contributed by atoms with Crippen LogP contribution in [0.4, 0.5) is 10.1 Å². The van der Waals surface area contributed by atoms with E-state index in [1.165, 1.54) is 17.7 Å². The molecule has 0 aliphatic carbocycles. The van der Waals surface area contributed by atoms with Crippen molar-refractivity contribution >= 4 is 11.6 Å². The first-order valence-electron chi connectivity index (χ1n) is 6.15. The fourth-order valence-electron chi connectivity index (χ4n) is 2.01. The Kier molecular flexibility index (Phi) is 3.69. The monoisotopic (exact) mass is 260 g/mol. The van der Waals surface area contributed by atoms with Crippen LogP contribution in [0.5, 0.6) is 0 Å². The summed E-state index contributed by atoms with van der Waals surface area (Å²) < 4.78 is 14.9. The van der Waals surface area contributed by atoms with Crippen LogP contribution >= 0.6 is 0 Å². The van der Waals surface area contributed by atoms with Crippen LogP contribution in [0, 0.1) is 26.6 Å². The lowest BCUT2D eigenvalue weighted by molar-refractivity contribution is -0.116. The molecule has 100 valence electrons. The normalized spacial score (nSPS) is 10.5. The van der Waals surface area contributed by atoms with Crippen LogP contribution in [0.15, 0.2) is 30.5 Å². The number of nitrogens with one attached hydrogen (secondary N) is 1. The van der Waals surface area contributed by atoms with Gasteiger partial charge in [0.2, 0.25) is 5.91 Å². The van der Waals surface area contributed by atoms with Crippen molar-refractivity contribution in [3.05, 3.63) is 53.1 Å². The molecule has 2 rings (SSSR count). The summed E-state index contributed by atoms with van der Waals surface area (Å²) >= 11 is 0. The van der Waals surface area contributed by atoms with Crippen LogP contribution < -0.4 is 5.32 Å². The summed E-state index contributed by atoms with van der Waals surface area (Å²) in [6, 6.07) is 5.88. The molecule has 0 atom stereocenters. The zero-order valence-corrected chi connectivity index (χ0v) is 11.3. The second-order valence-electron chi connectivity index (χ2n) is 4.71. The van der Waals surface area contributed by atoms with Gasteiger partial charge < -0.3 is 9.88 Å². The zero-order valence-electron chi connectivity index (χ0n) is 11.3. The van der Waals surface area contributed by atoms with Gasteiger partial charge in [0.1, 0.15) is 12.4 Å². The number of hydrogen-bond donors (Lipinski definition) is 1. The summed E-state index contributed by atoms with van der Waals surface area (Å²) in [5.74, 6) is -0.523. The molecule has 0 saturated heterocycles. The number of nitrogens with zero attached hydrogens (tertiary/aromatic N) is 1. The van der Waals surface area contributed by atoms with Gasteiger partial charge in [-0.25, -0.2) is 4.39 Å². The number of carbonyl (C=O) groups excluding carboxylic acids is 1. The number of aryl methyl sites for hydroxylation is 1. The molecule has 4 heteroatoms. The molecule has 1 amide bonds. The number of hydrogen-bond acceptors (Lipinski definition) is 1. The number of benzene rings is 1. The van der Waals surface area contributed by atoms with E-state index in [9.17, 15) is 9.18 Å². The van der Waals surface area contributed by atoms with Crippen LogP contribution in [0.25, 0.3) is 0 Å². The lowest BCUT2D eigenvalue weighted by Crippen LogP contribution is -2.19. The predicted molar refractivity (Wildman–Crippen MR) is 73.7 cm³/mol. The second-order valence-corrected chi connectivity index (χ2v) is 4.71. The maximum atomic E-state index is 13.0. The highest BCUT2D eigenvalue weighted by Gasteiger charge is 2.09. The van der Waals surface area contributed by atoms with Crippen molar-refractivity contribution in [1.82, 2.24) is 4.57 Å². The Labute approximate surface area is 112 Å². The van der Waals surface area contributed by atoms with Crippen molar-refractivity contribution < 1.29 is 9.18 Å². The largest absolute Gasteiger partial charge is 0.342 e. The number of anilines is 1. The van der Waals surface area contributed by atoms with Crippen molar-refractivity contribution in [3.8, 4) is 0 Å². The number of halogens is 1. The molecule has 0 radical (unpaired) electrons. The quantitative estimate of drug-likeness (QED) is 0.903. The van der Waals surface area contributed by atoms with E-state index in [1.54, 1.807) is 12.1 Å². The topological polar surface area (TPSA) is 34.0 Å². The highest BCUT2D eigenvalue weighted by molar-refractivity contribution is 5.90. The maximum absolute atomic E-state index is 13.0. The Bertz CT molecular complexity index is 617. The summed E-state index contributed by atoms with van der Waals surface area (Å²) in [4.78, 5) is 11.9. The van der Waals surface area contributed by atoms with Crippen LogP contribution in [-0.4, -0.2) is 10.5 Å². The first-order chi connectivity index (χ1) is 8.97. The minimum Gasteiger partial charge on any atom is -0.342 e. The van der Waals surface area contributed by atoms with Crippen molar-refractivity contribution in [2.45, 2.75) is 27.3 Å². The molecule has 0 spiro atoms. The minimum atomic E-state index is -0.360. The maximum Gasteiger partial charge on any atom is 0.244 e. The van der Waals surface area contributed by atoms with Crippen LogP contribution in [0.1, 0.15) is 16.8 Å². The van der Waals surface area contributed by atoms with Gasteiger partial charge >= 0.3 is 0 Å². The molecule has 1 heterocycles. The van der Waals surface area contributed by atoms with Crippen molar-refractivity contribution in [2.75, 3.05) is 5.32 Å². The van der Waals surface area contributed by atoms with Crippen molar-refractivity contribution in [1.29, 1.82) is 0 Å². The summed E-state index contributed by atoms with van der Waals surface area (Å²) in [6.45, 7) is 6.27. The Morgan fingerprint density at radius 1 is 1.32 bits per heavy atom. The van der Waals surface area contributed by atoms with E-state index >= 15 is 0 Å². The van der Waals surface area contributed by atoms with Gasteiger partial charge in [0.25, 0.3) is 0 Å². The summed E-state index contributed by atoms with van der Waals surface area (Å²) in [5, 5.41) is 2.69. The Morgan fingerprint density at radius 3 is 2.63 bits per heavy atom. The van der Waals surface area contributed by atoms with Gasteiger partial charge in [0.15, 0.2) is 0 Å². The highest BCUT2D eigenvalue weighted by atomic mass is 19.1. The Balaban J connectivity index is 2.07. The average Bonchev–Trinajstić information content (AvgIpc) is 2.57. The predicted octanol–water partition coefficient (Wildman–Crippen LogP) is 3.19. The van der Waals surface area contributed by atoms with Crippen LogP contribution in [-0.2, 0) is 11.3 Å². The van der Waals surface area contributed by atoms with E-state index in [-0.39, 0.29) is 18.3 Å². The third kappa shape index (κ3) is 3.02. The first-order valence-corrected chi connectivity index (χ1v) is 6.15. The molecule has 0 aliphatic heterocycles. The molecule has 3 nitrogen and oxygen atoms in total. The molecule has 2 aromatic rings. The molecular formula is C15H17FN2O. The van der Waals surface area contributed by atoms with Crippen molar-refractivity contribution in [2.24, 2.45) is 0 Å². The van der Waals surface area contributed by atoms with Gasteiger partial charge in [0.05, 0.1) is 0 Å². The highest BCUT2D eigenvalue weighted by Crippen LogP contribution is 2.15. The number of amides is 1.